The molecule has 1 heterocycles. The van der Waals surface area contributed by atoms with E-state index in [0.29, 0.717) is 18.0 Å². The second-order valence-electron chi connectivity index (χ2n) is 6.40. The van der Waals surface area contributed by atoms with Gasteiger partial charge < -0.3 is 25.2 Å². The molecule has 0 aliphatic carbocycles. The number of para-hydroxylation sites is 1. The van der Waals surface area contributed by atoms with Crippen LogP contribution in [0.2, 0.25) is 0 Å². The molecule has 3 aromatic rings. The van der Waals surface area contributed by atoms with Crippen molar-refractivity contribution in [2.24, 2.45) is 0 Å². The zero-order valence-corrected chi connectivity index (χ0v) is 16.6. The average molecular weight is 395 g/mol. The number of aliphatic hydroxyl groups excluding tert-OH is 1. The number of methoxy groups -OCH3 is 1. The first-order chi connectivity index (χ1) is 14.1. The lowest BCUT2D eigenvalue weighted by Crippen LogP contribution is -2.28. The van der Waals surface area contributed by atoms with E-state index in [0.717, 1.165) is 34.3 Å². The Morgan fingerprint density at radius 3 is 2.72 bits per heavy atom. The zero-order chi connectivity index (χ0) is 20.6. The highest BCUT2D eigenvalue weighted by atomic mass is 16.5. The summed E-state index contributed by atoms with van der Waals surface area (Å²) in [6.07, 6.45) is 0.783. The number of nitrogens with zero attached hydrogens (tertiary/aromatic N) is 1. The number of rotatable bonds is 8. The van der Waals surface area contributed by atoms with E-state index in [1.807, 2.05) is 43.3 Å². The third-order valence-corrected chi connectivity index (χ3v) is 4.41. The Labute approximate surface area is 169 Å². The largest absolute Gasteiger partial charge is 0.493 e. The molecule has 7 nitrogen and oxygen atoms in total. The predicted molar refractivity (Wildman–Crippen MR) is 113 cm³/mol. The highest BCUT2D eigenvalue weighted by molar-refractivity contribution is 6.00. The first-order valence-electron chi connectivity index (χ1n) is 9.48. The van der Waals surface area contributed by atoms with E-state index in [1.54, 1.807) is 19.2 Å². The highest BCUT2D eigenvalue weighted by Crippen LogP contribution is 2.28. The first kappa shape index (κ1) is 20.4. The van der Waals surface area contributed by atoms with E-state index in [2.05, 4.69) is 15.6 Å². The number of carbonyl (C=O) groups is 1. The van der Waals surface area contributed by atoms with Gasteiger partial charge in [0.25, 0.3) is 0 Å². The van der Waals surface area contributed by atoms with Crippen molar-refractivity contribution in [2.45, 2.75) is 19.9 Å². The van der Waals surface area contributed by atoms with Crippen LogP contribution >= 0.6 is 0 Å². The summed E-state index contributed by atoms with van der Waals surface area (Å²) in [4.78, 5) is 17.1. The maximum absolute atomic E-state index is 12.5. The average Bonchev–Trinajstić information content (AvgIpc) is 2.76. The van der Waals surface area contributed by atoms with E-state index < -0.39 is 0 Å². The van der Waals surface area contributed by atoms with Crippen molar-refractivity contribution in [1.82, 2.24) is 10.3 Å². The molecule has 0 spiro atoms. The van der Waals surface area contributed by atoms with E-state index in [1.165, 1.54) is 0 Å². The van der Waals surface area contributed by atoms with Crippen molar-refractivity contribution in [3.8, 4) is 11.5 Å². The van der Waals surface area contributed by atoms with Crippen molar-refractivity contribution >= 4 is 22.6 Å². The molecule has 7 heteroatoms. The van der Waals surface area contributed by atoms with Crippen LogP contribution in [0.15, 0.2) is 48.5 Å². The number of pyridine rings is 1. The lowest BCUT2D eigenvalue weighted by atomic mass is 10.1. The lowest BCUT2D eigenvalue weighted by Gasteiger charge is -2.13. The number of nitrogens with one attached hydrogen (secondary N) is 2. The summed E-state index contributed by atoms with van der Waals surface area (Å²) in [6, 6.07) is 14.7. The van der Waals surface area contributed by atoms with Crippen LogP contribution in [0.4, 0.5) is 10.5 Å². The van der Waals surface area contributed by atoms with Gasteiger partial charge in [0, 0.05) is 17.6 Å². The van der Waals surface area contributed by atoms with Gasteiger partial charge in [-0.25, -0.2) is 4.79 Å². The van der Waals surface area contributed by atoms with Gasteiger partial charge in [-0.05, 0) is 36.2 Å². The van der Waals surface area contributed by atoms with Crippen molar-refractivity contribution in [2.75, 3.05) is 25.6 Å². The second-order valence-corrected chi connectivity index (χ2v) is 6.40. The summed E-state index contributed by atoms with van der Waals surface area (Å²) in [7, 11) is 1.55. The van der Waals surface area contributed by atoms with Crippen molar-refractivity contribution in [3.63, 3.8) is 0 Å². The maximum Gasteiger partial charge on any atom is 0.319 e. The topological polar surface area (TPSA) is 92.7 Å². The summed E-state index contributed by atoms with van der Waals surface area (Å²) in [5.41, 5.74) is 3.37. The standard InChI is InChI=1S/C22H25N3O4/c1-3-16-13-19(17-6-4-5-7-18(17)24-16)25-22(27)23-14-15-8-9-20(29-11-10-26)21(12-15)28-2/h4-9,12-13,26H,3,10-11,14H2,1-2H3,(H2,23,24,25,27). The van der Waals surface area contributed by atoms with Gasteiger partial charge in [-0.2, -0.15) is 0 Å². The molecule has 0 bridgehead atoms. The van der Waals surface area contributed by atoms with E-state index in [4.69, 9.17) is 14.6 Å². The molecule has 0 aliphatic rings. The number of hydrogen-bond acceptors (Lipinski definition) is 5. The third-order valence-electron chi connectivity index (χ3n) is 4.41. The maximum atomic E-state index is 12.5. The van der Waals surface area contributed by atoms with Crippen LogP contribution in [0.1, 0.15) is 18.2 Å². The Bertz CT molecular complexity index is 991. The van der Waals surface area contributed by atoms with Gasteiger partial charge in [0.1, 0.15) is 6.61 Å². The number of urea groups is 1. The Kier molecular flexibility index (Phi) is 6.86. The molecule has 2 aromatic carbocycles. The van der Waals surface area contributed by atoms with Gasteiger partial charge in [-0.1, -0.05) is 31.2 Å². The van der Waals surface area contributed by atoms with Crippen LogP contribution in [-0.2, 0) is 13.0 Å². The Morgan fingerprint density at radius 1 is 1.14 bits per heavy atom. The van der Waals surface area contributed by atoms with E-state index in [9.17, 15) is 4.79 Å². The quantitative estimate of drug-likeness (QED) is 0.543. The number of aliphatic hydroxyl groups is 1. The smallest absolute Gasteiger partial charge is 0.319 e. The first-order valence-corrected chi connectivity index (χ1v) is 9.48. The van der Waals surface area contributed by atoms with E-state index >= 15 is 0 Å². The normalized spacial score (nSPS) is 10.6. The fraction of sp³-hybridized carbons (Fsp3) is 0.273. The van der Waals surface area contributed by atoms with Crippen LogP contribution in [-0.4, -0.2) is 36.4 Å². The zero-order valence-electron chi connectivity index (χ0n) is 16.6. The molecule has 0 fully saturated rings. The summed E-state index contributed by atoms with van der Waals surface area (Å²) < 4.78 is 10.7. The minimum absolute atomic E-state index is 0.0733. The van der Waals surface area contributed by atoms with Crippen LogP contribution in [0.25, 0.3) is 10.9 Å². The Balaban J connectivity index is 1.68. The SMILES string of the molecule is CCc1cc(NC(=O)NCc2ccc(OCCO)c(OC)c2)c2ccccc2n1. The monoisotopic (exact) mass is 395 g/mol. The molecule has 152 valence electrons. The summed E-state index contributed by atoms with van der Waals surface area (Å²) in [6.45, 7) is 2.47. The number of aromatic nitrogens is 1. The fourth-order valence-electron chi connectivity index (χ4n) is 2.96. The van der Waals surface area contributed by atoms with Gasteiger partial charge in [0.15, 0.2) is 11.5 Å². The predicted octanol–water partition coefficient (Wildman–Crippen LogP) is 3.50. The number of benzene rings is 2. The van der Waals surface area contributed by atoms with Crippen LogP contribution in [0.5, 0.6) is 11.5 Å². The van der Waals surface area contributed by atoms with Crippen LogP contribution < -0.4 is 20.1 Å². The molecule has 29 heavy (non-hydrogen) atoms. The summed E-state index contributed by atoms with van der Waals surface area (Å²) in [5, 5.41) is 15.6. The minimum atomic E-state index is -0.303. The number of amides is 2. The molecule has 3 N–H and O–H groups in total. The molecular formula is C22H25N3O4. The molecule has 0 radical (unpaired) electrons. The highest BCUT2D eigenvalue weighted by Gasteiger charge is 2.10. The molecule has 0 saturated heterocycles. The van der Waals surface area contributed by atoms with Crippen molar-refractivity contribution in [1.29, 1.82) is 0 Å². The molecular weight excluding hydrogens is 370 g/mol. The van der Waals surface area contributed by atoms with Gasteiger partial charge >= 0.3 is 6.03 Å². The van der Waals surface area contributed by atoms with Crippen LogP contribution in [0.3, 0.4) is 0 Å². The van der Waals surface area contributed by atoms with Gasteiger partial charge in [0.2, 0.25) is 0 Å². The Morgan fingerprint density at radius 2 is 1.97 bits per heavy atom. The molecule has 0 saturated carbocycles. The lowest BCUT2D eigenvalue weighted by molar-refractivity contribution is 0.196. The van der Waals surface area contributed by atoms with Gasteiger partial charge in [-0.15, -0.1) is 0 Å². The van der Waals surface area contributed by atoms with Crippen molar-refractivity contribution in [3.05, 3.63) is 59.8 Å². The summed E-state index contributed by atoms with van der Waals surface area (Å²) >= 11 is 0. The third kappa shape index (κ3) is 5.14. The Hall–Kier alpha value is -3.32. The fourth-order valence-corrected chi connectivity index (χ4v) is 2.96. The minimum Gasteiger partial charge on any atom is -0.493 e. The molecule has 0 atom stereocenters. The van der Waals surface area contributed by atoms with Gasteiger partial charge in [0.05, 0.1) is 24.9 Å². The number of aryl methyl sites for hydroxylation is 1. The van der Waals surface area contributed by atoms with E-state index in [-0.39, 0.29) is 19.2 Å². The number of ether oxygens (including phenoxy) is 2. The number of fused-ring (bicyclic) bond motifs is 1. The molecule has 2 amide bonds. The molecule has 1 aromatic heterocycles. The second kappa shape index (κ2) is 9.75. The molecule has 3 rings (SSSR count). The van der Waals surface area contributed by atoms with Gasteiger partial charge in [-0.3, -0.25) is 4.98 Å². The number of hydrogen-bond donors (Lipinski definition) is 3. The molecule has 0 aliphatic heterocycles. The molecule has 0 unspecified atom stereocenters. The number of anilines is 1. The summed E-state index contributed by atoms with van der Waals surface area (Å²) in [5.74, 6) is 1.09. The van der Waals surface area contributed by atoms with Crippen LogP contribution in [0, 0.1) is 0 Å². The van der Waals surface area contributed by atoms with Crippen molar-refractivity contribution < 1.29 is 19.4 Å². The number of carbonyl (C=O) groups excluding carboxylic acids is 1.